The van der Waals surface area contributed by atoms with E-state index >= 15 is 0 Å². The molecule has 565 valence electrons. The van der Waals surface area contributed by atoms with Gasteiger partial charge in [-0.15, -0.1) is 0 Å². The maximum atomic E-state index is 9.25. The maximum absolute atomic E-state index is 9.25. The van der Waals surface area contributed by atoms with Crippen LogP contribution in [0.15, 0.2) is 170 Å². The Bertz CT molecular complexity index is 4880. The number of hydrogen-bond acceptors (Lipinski definition) is 6. The van der Waals surface area contributed by atoms with Gasteiger partial charge in [-0.05, 0) is 0 Å². The zero-order valence-electron chi connectivity index (χ0n) is 71.2. The van der Waals surface area contributed by atoms with Crippen molar-refractivity contribution in [3.05, 3.63) is 303 Å². The van der Waals surface area contributed by atoms with E-state index in [4.69, 9.17) is 1.41 Å². The Morgan fingerprint density at radius 2 is 0.411 bits per heavy atom. The van der Waals surface area contributed by atoms with Crippen molar-refractivity contribution in [1.82, 2.24) is 0 Å². The molecule has 0 aromatic heterocycles. The summed E-state index contributed by atoms with van der Waals surface area (Å²) in [6.45, 7) is 54.7. The van der Waals surface area contributed by atoms with Crippen molar-refractivity contribution in [3.63, 3.8) is 0 Å². The fourth-order valence-corrected chi connectivity index (χ4v) is 95.0. The van der Waals surface area contributed by atoms with Gasteiger partial charge >= 0.3 is 750 Å². The van der Waals surface area contributed by atoms with Crippen LogP contribution in [0.3, 0.4) is 0 Å². The predicted molar refractivity (Wildman–Crippen MR) is 464 cm³/mol. The third-order valence-electron chi connectivity index (χ3n) is 21.5. The van der Waals surface area contributed by atoms with Gasteiger partial charge in [-0.1, -0.05) is 0 Å². The Kier molecular flexibility index (Phi) is 35.8. The van der Waals surface area contributed by atoms with E-state index in [-0.39, 0.29) is 116 Å². The monoisotopic (exact) mass is 1950 g/mol. The molecular weight excluding hydrogens is 1840 g/mol. The van der Waals surface area contributed by atoms with Gasteiger partial charge in [0.05, 0.1) is 0 Å². The van der Waals surface area contributed by atoms with Crippen LogP contribution in [0.2, 0.25) is 0 Å². The van der Waals surface area contributed by atoms with Crippen LogP contribution in [0.4, 0.5) is 0 Å². The van der Waals surface area contributed by atoms with Crippen LogP contribution in [0.25, 0.3) is 89.0 Å². The Hall–Kier alpha value is -3.53. The minimum absolute atomic E-state index is 0. The van der Waals surface area contributed by atoms with E-state index in [1.54, 1.807) is 0 Å². The first-order valence-corrected chi connectivity index (χ1v) is 51.9. The van der Waals surface area contributed by atoms with E-state index in [1.807, 2.05) is 0 Å². The van der Waals surface area contributed by atoms with E-state index in [1.165, 1.54) is 222 Å². The molecule has 0 spiro atoms. The van der Waals surface area contributed by atoms with Gasteiger partial charge in [0.25, 0.3) is 0 Å². The third kappa shape index (κ3) is 19.5. The van der Waals surface area contributed by atoms with Crippen molar-refractivity contribution in [3.8, 4) is 89.0 Å². The van der Waals surface area contributed by atoms with Crippen LogP contribution >= 0.6 is 0 Å². The van der Waals surface area contributed by atoms with Crippen molar-refractivity contribution in [1.29, 1.82) is 0 Å². The van der Waals surface area contributed by atoms with E-state index in [2.05, 4.69) is 336 Å². The van der Waals surface area contributed by atoms with Gasteiger partial charge in [-0.2, -0.15) is 0 Å². The van der Waals surface area contributed by atoms with Crippen molar-refractivity contribution >= 4 is 96.7 Å². The molecule has 13 rings (SSSR count). The zero-order valence-corrected chi connectivity index (χ0v) is 88.6. The average molecular weight is 1950 g/mol. The zero-order chi connectivity index (χ0) is 74.4. The first-order valence-electron chi connectivity index (χ1n) is 36.8. The fourth-order valence-electron chi connectivity index (χ4n) is 18.5. The Labute approximate surface area is 766 Å². The summed E-state index contributed by atoms with van der Waals surface area (Å²) in [5.41, 5.74) is 48.8. The smallest absolute Gasteiger partial charge is 0.870 e. The summed E-state index contributed by atoms with van der Waals surface area (Å²) in [7, 11) is 0. The summed E-state index contributed by atoms with van der Waals surface area (Å²) in [6.07, 6.45) is 0. The van der Waals surface area contributed by atoms with Crippen LogP contribution < -0.4 is 103 Å². The average Bonchev–Trinajstić information content (AvgIpc) is 0.713. The Balaban J connectivity index is 0.00000280. The van der Waals surface area contributed by atoms with Gasteiger partial charge in [-0.25, -0.2) is 0 Å². The minimum atomic E-state index is -6.05. The normalized spacial score (nSPS) is 12.4. The SMILES string of the molecule is Cc1cc(C)c(-c2cccc(-c3c(C)cc(C)cc3C)[c]2[Sn][O][Sn-]2([c]3c(-c4c(C)cc(C)cc4C)cccc3-c3c(C)cc(C)cc3C)[O][Sn]([c]3c(-c4c(C)cc(C)cc4C)cccc3-c3c(C)cc(C)cc3C)[O][Sn]([c]3c(-c4c(C)cc(C)cc4C)cccc3-c3c(C)cc(C)cc3C)[O]2)c(C)c1.O.O.O.[Na+].[Na+].[Na+].[OH-].[OH-]. The molecule has 1 aliphatic rings. The molecule has 112 heavy (non-hydrogen) atoms. The summed E-state index contributed by atoms with van der Waals surface area (Å²) < 4.78 is 41.4. The number of benzene rings is 12. The van der Waals surface area contributed by atoms with E-state index in [0.717, 1.165) is 14.7 Å². The van der Waals surface area contributed by atoms with Crippen LogP contribution in [0.5, 0.6) is 0 Å². The largest absolute Gasteiger partial charge is 1.00 e. The van der Waals surface area contributed by atoms with Crippen LogP contribution in [-0.2, 0) is 5.65 Å². The van der Waals surface area contributed by atoms with Gasteiger partial charge in [0.15, 0.2) is 0 Å². The first kappa shape index (κ1) is 99.0. The van der Waals surface area contributed by atoms with Crippen LogP contribution in [0, 0.1) is 166 Å². The molecule has 1 aliphatic heterocycles. The Morgan fingerprint density at radius 1 is 0.250 bits per heavy atom. The standard InChI is InChI=1S/4C24H25.3Na.5H2O.4O.4Sn/c4*1-15-10-17(3)23(18(4)11-15)21-8-7-9-22(14-21)24-19(5)12-16(2)13-20(24)6;;;;;;;;;;;;;;;;/h4*7-13H,1-6H3;;;;5*1H2;;;;;;;;/q;;;;3*+1;;;;;;;;;;;;;-1/p-2. The molecule has 12 aromatic rings. The molecule has 0 atom stereocenters. The molecule has 9 nitrogen and oxygen atoms in total. The molecule has 12 aromatic carbocycles. The molecule has 4 radical (unpaired) electrons. The summed E-state index contributed by atoms with van der Waals surface area (Å²) in [6, 6.07) is 66.3. The Morgan fingerprint density at radius 3 is 0.607 bits per heavy atom. The quantitative estimate of drug-likeness (QED) is 0.0973. The molecule has 1 saturated heterocycles. The molecule has 0 bridgehead atoms. The van der Waals surface area contributed by atoms with Gasteiger partial charge in [0.1, 0.15) is 0 Å². The topological polar surface area (TPSA) is 191 Å². The van der Waals surface area contributed by atoms with Gasteiger partial charge in [0, 0.05) is 0 Å². The fraction of sp³-hybridized carbons (Fsp3) is 0.250. The van der Waals surface area contributed by atoms with Crippen LogP contribution in [0.1, 0.15) is 134 Å². The maximum Gasteiger partial charge on any atom is 1.00 e. The van der Waals surface area contributed by atoms with Gasteiger partial charge in [-0.3, -0.25) is 0 Å². The number of aryl methyl sites for hydroxylation is 24. The van der Waals surface area contributed by atoms with E-state index < -0.39 is 82.4 Å². The van der Waals surface area contributed by atoms with Gasteiger partial charge < -0.3 is 27.4 Å². The predicted octanol–water partition coefficient (Wildman–Crippen LogP) is 10.6. The van der Waals surface area contributed by atoms with Crippen LogP contribution in [-0.4, -0.2) is 110 Å². The second kappa shape index (κ2) is 40.5. The van der Waals surface area contributed by atoms with Crippen molar-refractivity contribution in [2.75, 3.05) is 0 Å². The molecule has 8 N–H and O–H groups in total. The molecule has 1 heterocycles. The van der Waals surface area contributed by atoms with Crippen molar-refractivity contribution in [2.45, 2.75) is 166 Å². The first-order chi connectivity index (χ1) is 49.4. The van der Waals surface area contributed by atoms with Crippen molar-refractivity contribution in [2.24, 2.45) is 0 Å². The molecule has 1 fully saturated rings. The molecule has 0 aliphatic carbocycles. The van der Waals surface area contributed by atoms with Gasteiger partial charge in [0.2, 0.25) is 0 Å². The molecule has 16 heteroatoms. The van der Waals surface area contributed by atoms with E-state index in [0.29, 0.717) is 0 Å². The molecule has 0 unspecified atom stereocenters. The summed E-state index contributed by atoms with van der Waals surface area (Å²) in [4.78, 5) is 0. The second-order valence-corrected chi connectivity index (χ2v) is 61.5. The third-order valence-corrected chi connectivity index (χ3v) is 68.6. The van der Waals surface area contributed by atoms with Crippen molar-refractivity contribution < 1.29 is 122 Å². The number of rotatable bonds is 14. The summed E-state index contributed by atoms with van der Waals surface area (Å²) in [5.74, 6) is 0. The summed E-state index contributed by atoms with van der Waals surface area (Å²) >= 11 is -17.5. The molecular formula is C96H108Na3O9Sn4. The van der Waals surface area contributed by atoms with E-state index in [9.17, 15) is 4.23 Å². The molecule has 0 amide bonds. The second-order valence-electron chi connectivity index (χ2n) is 30.7. The molecule has 0 saturated carbocycles. The number of hydrogen-bond donors (Lipinski definition) is 0. The minimum Gasteiger partial charge on any atom is -0.870 e. The summed E-state index contributed by atoms with van der Waals surface area (Å²) in [5, 5.41) is 0.